The van der Waals surface area contributed by atoms with Crippen LogP contribution in [0.4, 0.5) is 0 Å². The Hall–Kier alpha value is -2.35. The van der Waals surface area contributed by atoms with Gasteiger partial charge in [-0.1, -0.05) is 11.8 Å². The summed E-state index contributed by atoms with van der Waals surface area (Å²) in [7, 11) is 1.62. The minimum absolute atomic E-state index is 0.135. The fourth-order valence-electron chi connectivity index (χ4n) is 1.51. The first-order valence-electron chi connectivity index (χ1n) is 6.11. The van der Waals surface area contributed by atoms with Crippen molar-refractivity contribution >= 4 is 23.9 Å². The van der Waals surface area contributed by atoms with Gasteiger partial charge in [-0.2, -0.15) is 9.78 Å². The molecule has 8 heteroatoms. The number of rotatable bonds is 6. The third-order valence-corrected chi connectivity index (χ3v) is 3.49. The minimum atomic E-state index is -0.411. The Balaban J connectivity index is 2.15. The number of aromatic nitrogens is 3. The SMILES string of the molecule is COc1ccc(/C=N/n2c(C)nnc2SCC(N)=O)cc1. The molecule has 0 aliphatic carbocycles. The predicted molar refractivity (Wildman–Crippen MR) is 80.7 cm³/mol. The van der Waals surface area contributed by atoms with Gasteiger partial charge in [0.15, 0.2) is 5.82 Å². The molecule has 1 aromatic heterocycles. The van der Waals surface area contributed by atoms with Crippen molar-refractivity contribution in [2.24, 2.45) is 10.8 Å². The maximum Gasteiger partial charge on any atom is 0.227 e. The molecule has 2 rings (SSSR count). The number of nitrogens with two attached hydrogens (primary N) is 1. The molecule has 0 bridgehead atoms. The van der Waals surface area contributed by atoms with Crippen molar-refractivity contribution in [1.29, 1.82) is 0 Å². The summed E-state index contributed by atoms with van der Waals surface area (Å²) in [5, 5.41) is 12.7. The molecule has 0 radical (unpaired) electrons. The number of ether oxygens (including phenoxy) is 1. The largest absolute Gasteiger partial charge is 0.497 e. The fourth-order valence-corrected chi connectivity index (χ4v) is 2.18. The van der Waals surface area contributed by atoms with Crippen LogP contribution >= 0.6 is 11.8 Å². The van der Waals surface area contributed by atoms with Gasteiger partial charge in [-0.3, -0.25) is 4.79 Å². The lowest BCUT2D eigenvalue weighted by Crippen LogP contribution is -2.13. The average Bonchev–Trinajstić information content (AvgIpc) is 2.84. The van der Waals surface area contributed by atoms with E-state index < -0.39 is 5.91 Å². The zero-order valence-corrected chi connectivity index (χ0v) is 12.5. The van der Waals surface area contributed by atoms with Crippen LogP contribution < -0.4 is 10.5 Å². The molecular formula is C13H15N5O2S. The van der Waals surface area contributed by atoms with Crippen molar-refractivity contribution in [2.45, 2.75) is 12.1 Å². The Bertz CT molecular complexity index is 651. The number of methoxy groups -OCH3 is 1. The number of hydrogen-bond donors (Lipinski definition) is 1. The van der Waals surface area contributed by atoms with Crippen LogP contribution in [-0.4, -0.2) is 39.9 Å². The Morgan fingerprint density at radius 1 is 1.43 bits per heavy atom. The van der Waals surface area contributed by atoms with E-state index in [9.17, 15) is 4.79 Å². The Labute approximate surface area is 126 Å². The molecule has 2 N–H and O–H groups in total. The molecule has 1 heterocycles. The van der Waals surface area contributed by atoms with E-state index in [1.165, 1.54) is 11.8 Å². The molecule has 0 fully saturated rings. The molecule has 0 spiro atoms. The highest BCUT2D eigenvalue weighted by Gasteiger charge is 2.09. The summed E-state index contributed by atoms with van der Waals surface area (Å²) in [4.78, 5) is 10.8. The second-order valence-electron chi connectivity index (χ2n) is 4.11. The third kappa shape index (κ3) is 4.06. The third-order valence-electron chi connectivity index (χ3n) is 2.55. The molecule has 2 aromatic rings. The number of amides is 1. The van der Waals surface area contributed by atoms with Crippen LogP contribution in [0.2, 0.25) is 0 Å². The summed E-state index contributed by atoms with van der Waals surface area (Å²) in [6, 6.07) is 7.47. The summed E-state index contributed by atoms with van der Waals surface area (Å²) >= 11 is 1.20. The van der Waals surface area contributed by atoms with Crippen molar-refractivity contribution in [3.8, 4) is 5.75 Å². The van der Waals surface area contributed by atoms with Gasteiger partial charge in [0.1, 0.15) is 5.75 Å². The van der Waals surface area contributed by atoms with Crippen LogP contribution in [0, 0.1) is 6.92 Å². The lowest BCUT2D eigenvalue weighted by atomic mass is 10.2. The van der Waals surface area contributed by atoms with Gasteiger partial charge in [-0.15, -0.1) is 10.2 Å². The number of benzene rings is 1. The predicted octanol–water partition coefficient (Wildman–Crippen LogP) is 1.05. The molecule has 1 aromatic carbocycles. The number of thioether (sulfide) groups is 1. The van der Waals surface area contributed by atoms with E-state index >= 15 is 0 Å². The van der Waals surface area contributed by atoms with Crippen molar-refractivity contribution in [1.82, 2.24) is 14.9 Å². The number of primary amides is 1. The van der Waals surface area contributed by atoms with Crippen molar-refractivity contribution in [2.75, 3.05) is 12.9 Å². The maximum absolute atomic E-state index is 10.8. The van der Waals surface area contributed by atoms with E-state index in [4.69, 9.17) is 10.5 Å². The molecular weight excluding hydrogens is 290 g/mol. The molecule has 7 nitrogen and oxygen atoms in total. The standard InChI is InChI=1S/C13H15N5O2S/c1-9-16-17-13(21-8-12(14)19)18(9)15-7-10-3-5-11(20-2)6-4-10/h3-7H,8H2,1-2H3,(H2,14,19)/b15-7+. The average molecular weight is 305 g/mol. The van der Waals surface area contributed by atoms with E-state index in [1.54, 1.807) is 24.9 Å². The minimum Gasteiger partial charge on any atom is -0.497 e. The van der Waals surface area contributed by atoms with Crippen LogP contribution in [-0.2, 0) is 4.79 Å². The Kier molecular flexibility index (Phi) is 4.94. The van der Waals surface area contributed by atoms with Gasteiger partial charge < -0.3 is 10.5 Å². The number of carbonyl (C=O) groups is 1. The summed E-state index contributed by atoms with van der Waals surface area (Å²) in [6.07, 6.45) is 1.68. The lowest BCUT2D eigenvalue weighted by molar-refractivity contribution is -0.115. The molecule has 0 unspecified atom stereocenters. The zero-order valence-electron chi connectivity index (χ0n) is 11.7. The van der Waals surface area contributed by atoms with Crippen molar-refractivity contribution in [3.05, 3.63) is 35.7 Å². The second-order valence-corrected chi connectivity index (χ2v) is 5.06. The number of aryl methyl sites for hydroxylation is 1. The quantitative estimate of drug-likeness (QED) is 0.636. The van der Waals surface area contributed by atoms with E-state index in [0.29, 0.717) is 11.0 Å². The molecule has 21 heavy (non-hydrogen) atoms. The Morgan fingerprint density at radius 2 is 2.14 bits per heavy atom. The first-order valence-corrected chi connectivity index (χ1v) is 7.10. The highest BCUT2D eigenvalue weighted by atomic mass is 32.2. The first kappa shape index (κ1) is 15.0. The van der Waals surface area contributed by atoms with Crippen LogP contribution in [0.25, 0.3) is 0 Å². The van der Waals surface area contributed by atoms with E-state index in [1.807, 2.05) is 24.3 Å². The van der Waals surface area contributed by atoms with Crippen LogP contribution in [0.5, 0.6) is 5.75 Å². The van der Waals surface area contributed by atoms with Gasteiger partial charge in [0, 0.05) is 0 Å². The monoisotopic (exact) mass is 305 g/mol. The van der Waals surface area contributed by atoms with Crippen LogP contribution in [0.3, 0.4) is 0 Å². The molecule has 0 saturated heterocycles. The highest BCUT2D eigenvalue weighted by molar-refractivity contribution is 7.99. The molecule has 1 amide bonds. The van der Waals surface area contributed by atoms with E-state index in [-0.39, 0.29) is 5.75 Å². The smallest absolute Gasteiger partial charge is 0.227 e. The van der Waals surface area contributed by atoms with Gasteiger partial charge in [0.25, 0.3) is 0 Å². The van der Waals surface area contributed by atoms with Crippen LogP contribution in [0.1, 0.15) is 11.4 Å². The number of nitrogens with zero attached hydrogens (tertiary/aromatic N) is 4. The number of carbonyl (C=O) groups excluding carboxylic acids is 1. The Morgan fingerprint density at radius 3 is 2.76 bits per heavy atom. The van der Waals surface area contributed by atoms with Gasteiger partial charge in [0.05, 0.1) is 19.1 Å². The first-order chi connectivity index (χ1) is 10.1. The molecule has 0 aliphatic rings. The number of hydrogen-bond acceptors (Lipinski definition) is 6. The molecule has 0 saturated carbocycles. The van der Waals surface area contributed by atoms with Crippen LogP contribution in [0.15, 0.2) is 34.5 Å². The van der Waals surface area contributed by atoms with E-state index in [0.717, 1.165) is 11.3 Å². The normalized spacial score (nSPS) is 11.0. The van der Waals surface area contributed by atoms with Crippen molar-refractivity contribution in [3.63, 3.8) is 0 Å². The lowest BCUT2D eigenvalue weighted by Gasteiger charge is -2.01. The summed E-state index contributed by atoms with van der Waals surface area (Å²) in [6.45, 7) is 1.78. The van der Waals surface area contributed by atoms with Crippen molar-refractivity contribution < 1.29 is 9.53 Å². The fraction of sp³-hybridized carbons (Fsp3) is 0.231. The molecule has 110 valence electrons. The summed E-state index contributed by atoms with van der Waals surface area (Å²) in [5.74, 6) is 1.14. The van der Waals surface area contributed by atoms with Gasteiger partial charge in [0.2, 0.25) is 11.1 Å². The maximum atomic E-state index is 10.8. The zero-order chi connectivity index (χ0) is 15.2. The van der Waals surface area contributed by atoms with E-state index in [2.05, 4.69) is 15.3 Å². The van der Waals surface area contributed by atoms with Gasteiger partial charge in [-0.05, 0) is 36.8 Å². The topological polar surface area (TPSA) is 95.4 Å². The second kappa shape index (κ2) is 6.89. The van der Waals surface area contributed by atoms with Gasteiger partial charge in [-0.25, -0.2) is 0 Å². The molecule has 0 atom stereocenters. The van der Waals surface area contributed by atoms with Gasteiger partial charge >= 0.3 is 0 Å². The molecule has 0 aliphatic heterocycles. The highest BCUT2D eigenvalue weighted by Crippen LogP contribution is 2.16. The summed E-state index contributed by atoms with van der Waals surface area (Å²) < 4.78 is 6.66. The summed E-state index contributed by atoms with van der Waals surface area (Å²) in [5.41, 5.74) is 6.03.